The third-order valence-corrected chi connectivity index (χ3v) is 7.56. The van der Waals surface area contributed by atoms with E-state index in [1.54, 1.807) is 13.2 Å². The number of hydrogen-bond acceptors (Lipinski definition) is 3. The lowest BCUT2D eigenvalue weighted by Gasteiger charge is -2.48. The Bertz CT molecular complexity index is 1270. The quantitative estimate of drug-likeness (QED) is 0.326. The number of halogens is 1. The van der Waals surface area contributed by atoms with Crippen molar-refractivity contribution in [2.24, 2.45) is 5.92 Å². The van der Waals surface area contributed by atoms with Crippen LogP contribution < -0.4 is 9.64 Å². The van der Waals surface area contributed by atoms with Gasteiger partial charge >= 0.3 is 5.97 Å². The zero-order valence-electron chi connectivity index (χ0n) is 21.4. The van der Waals surface area contributed by atoms with Gasteiger partial charge in [-0.3, -0.25) is 0 Å². The molecule has 3 aromatic rings. The highest BCUT2D eigenvalue weighted by Gasteiger charge is 2.40. The van der Waals surface area contributed by atoms with Gasteiger partial charge in [0, 0.05) is 23.3 Å². The van der Waals surface area contributed by atoms with Crippen molar-refractivity contribution in [3.8, 4) is 5.75 Å². The van der Waals surface area contributed by atoms with Gasteiger partial charge in [-0.05, 0) is 90.3 Å². The first kappa shape index (κ1) is 25.8. The number of hydrogen-bond donors (Lipinski definition) is 1. The molecule has 4 rings (SSSR count). The number of methoxy groups -OCH3 is 1. The fourth-order valence-corrected chi connectivity index (χ4v) is 5.39. The number of aryl methyl sites for hydroxylation is 1. The molecule has 0 radical (unpaired) electrons. The van der Waals surface area contributed by atoms with E-state index in [0.717, 1.165) is 59.5 Å². The number of fused-ring (bicyclic) bond motifs is 1. The van der Waals surface area contributed by atoms with E-state index in [-0.39, 0.29) is 0 Å². The van der Waals surface area contributed by atoms with Gasteiger partial charge in [0.05, 0.1) is 12.6 Å². The zero-order chi connectivity index (χ0) is 25.9. The maximum atomic E-state index is 10.9. The Morgan fingerprint density at radius 1 is 1.14 bits per heavy atom. The topological polar surface area (TPSA) is 49.8 Å². The number of benzene rings is 3. The second-order valence-electron chi connectivity index (χ2n) is 10.00. The minimum atomic E-state index is -0.957. The van der Waals surface area contributed by atoms with Crippen molar-refractivity contribution in [2.75, 3.05) is 18.6 Å². The van der Waals surface area contributed by atoms with Crippen molar-refractivity contribution in [2.45, 2.75) is 45.6 Å². The van der Waals surface area contributed by atoms with E-state index in [1.807, 2.05) is 18.2 Å². The summed E-state index contributed by atoms with van der Waals surface area (Å²) in [6.07, 6.45) is 5.75. The molecule has 5 heteroatoms. The van der Waals surface area contributed by atoms with Crippen molar-refractivity contribution in [3.05, 3.63) is 99.6 Å². The second-order valence-corrected chi connectivity index (χ2v) is 10.4. The lowest BCUT2D eigenvalue weighted by molar-refractivity contribution is -0.131. The van der Waals surface area contributed by atoms with E-state index in [9.17, 15) is 4.79 Å². The average Bonchev–Trinajstić information content (AvgIpc) is 2.86. The summed E-state index contributed by atoms with van der Waals surface area (Å²) in [6, 6.07) is 20.9. The van der Waals surface area contributed by atoms with Crippen molar-refractivity contribution in [1.82, 2.24) is 0 Å². The highest BCUT2D eigenvalue weighted by Crippen LogP contribution is 2.45. The van der Waals surface area contributed by atoms with E-state index in [2.05, 4.69) is 68.1 Å². The molecule has 1 N–H and O–H groups in total. The van der Waals surface area contributed by atoms with E-state index < -0.39 is 11.5 Å². The summed E-state index contributed by atoms with van der Waals surface area (Å²) in [5.41, 5.74) is 6.30. The van der Waals surface area contributed by atoms with Gasteiger partial charge in [0.2, 0.25) is 0 Å². The van der Waals surface area contributed by atoms with E-state index in [1.165, 1.54) is 16.7 Å². The molecule has 0 fully saturated rings. The molecule has 1 aliphatic heterocycles. The van der Waals surface area contributed by atoms with Crippen LogP contribution in [0.3, 0.4) is 0 Å². The predicted molar refractivity (Wildman–Crippen MR) is 148 cm³/mol. The van der Waals surface area contributed by atoms with Gasteiger partial charge in [-0.25, -0.2) is 4.79 Å². The first-order chi connectivity index (χ1) is 17.2. The summed E-state index contributed by atoms with van der Waals surface area (Å²) in [5.74, 6) is 0.533. The Hall–Kier alpha value is -3.24. The maximum Gasteiger partial charge on any atom is 0.328 e. The number of nitrogens with zero attached hydrogens (tertiary/aromatic N) is 1. The van der Waals surface area contributed by atoms with Gasteiger partial charge < -0.3 is 14.7 Å². The summed E-state index contributed by atoms with van der Waals surface area (Å²) in [6.45, 7) is 7.55. The Morgan fingerprint density at radius 3 is 2.53 bits per heavy atom. The third kappa shape index (κ3) is 5.29. The number of carbonyl (C=O) groups is 1. The summed E-state index contributed by atoms with van der Waals surface area (Å²) in [5, 5.41) is 9.79. The molecule has 1 heterocycles. The first-order valence-corrected chi connectivity index (χ1v) is 12.8. The normalized spacial score (nSPS) is 17.4. The molecule has 0 amide bonds. The molecule has 0 bridgehead atoms. The predicted octanol–water partition coefficient (Wildman–Crippen LogP) is 7.36. The Balaban J connectivity index is 1.78. The Labute approximate surface area is 219 Å². The molecular weight excluding hydrogens is 470 g/mol. The molecule has 188 valence electrons. The molecule has 1 atom stereocenters. The number of anilines is 1. The van der Waals surface area contributed by atoms with Crippen molar-refractivity contribution >= 4 is 29.3 Å². The van der Waals surface area contributed by atoms with Crippen LogP contribution in [0.1, 0.15) is 55.0 Å². The SMILES string of the molecule is COc1ccc2c(c1)CCN(c1ccc(CCC(C)C)c(Cl)c1)C2(C)c1ccc(/C=C/C(=O)O)cc1. The van der Waals surface area contributed by atoms with Crippen LogP contribution in [-0.4, -0.2) is 24.7 Å². The molecule has 4 nitrogen and oxygen atoms in total. The van der Waals surface area contributed by atoms with Gasteiger partial charge in [-0.2, -0.15) is 0 Å². The van der Waals surface area contributed by atoms with Gasteiger partial charge in [-0.1, -0.05) is 61.8 Å². The lowest BCUT2D eigenvalue weighted by atomic mass is 9.76. The van der Waals surface area contributed by atoms with Gasteiger partial charge in [0.15, 0.2) is 0 Å². The molecule has 3 aromatic carbocycles. The lowest BCUT2D eigenvalue weighted by Crippen LogP contribution is -2.49. The molecule has 1 aliphatic rings. The second kappa shape index (κ2) is 10.8. The van der Waals surface area contributed by atoms with Crippen molar-refractivity contribution in [3.63, 3.8) is 0 Å². The monoisotopic (exact) mass is 503 g/mol. The minimum Gasteiger partial charge on any atom is -0.497 e. The standard InChI is InChI=1S/C31H34ClNO3/c1-21(2)5-9-23-10-13-26(20-29(23)32)33-18-17-24-19-27(36-4)14-15-28(24)31(33,3)25-11-6-22(7-12-25)8-16-30(34)35/h6-8,10-16,19-21H,5,9,17-18H2,1-4H3,(H,34,35)/b16-8+. The Morgan fingerprint density at radius 2 is 1.89 bits per heavy atom. The number of ether oxygens (including phenoxy) is 1. The molecule has 0 saturated heterocycles. The fraction of sp³-hybridized carbons (Fsp3) is 0.323. The Kier molecular flexibility index (Phi) is 7.75. The fourth-order valence-electron chi connectivity index (χ4n) is 5.12. The molecule has 36 heavy (non-hydrogen) atoms. The average molecular weight is 504 g/mol. The minimum absolute atomic E-state index is 0.447. The van der Waals surface area contributed by atoms with Crippen LogP contribution in [0.15, 0.2) is 66.7 Å². The smallest absolute Gasteiger partial charge is 0.328 e. The number of aliphatic carboxylic acids is 1. The van der Waals surface area contributed by atoms with Crippen molar-refractivity contribution in [1.29, 1.82) is 0 Å². The molecule has 0 spiro atoms. The maximum absolute atomic E-state index is 10.9. The molecule has 0 aromatic heterocycles. The van der Waals surface area contributed by atoms with Gasteiger partial charge in [0.25, 0.3) is 0 Å². The zero-order valence-corrected chi connectivity index (χ0v) is 22.2. The van der Waals surface area contributed by atoms with Crippen LogP contribution in [0.5, 0.6) is 5.75 Å². The number of carboxylic acid groups (broad SMARTS) is 1. The highest BCUT2D eigenvalue weighted by molar-refractivity contribution is 6.31. The third-order valence-electron chi connectivity index (χ3n) is 7.21. The highest BCUT2D eigenvalue weighted by atomic mass is 35.5. The summed E-state index contributed by atoms with van der Waals surface area (Å²) in [4.78, 5) is 13.4. The van der Waals surface area contributed by atoms with E-state index >= 15 is 0 Å². The van der Waals surface area contributed by atoms with Crippen LogP contribution in [0.25, 0.3) is 6.08 Å². The van der Waals surface area contributed by atoms with Crippen LogP contribution >= 0.6 is 11.6 Å². The van der Waals surface area contributed by atoms with Gasteiger partial charge in [-0.15, -0.1) is 0 Å². The summed E-state index contributed by atoms with van der Waals surface area (Å²) >= 11 is 6.79. The van der Waals surface area contributed by atoms with Crippen LogP contribution in [0.4, 0.5) is 5.69 Å². The molecular formula is C31H34ClNO3. The number of rotatable bonds is 8. The largest absolute Gasteiger partial charge is 0.497 e. The first-order valence-electron chi connectivity index (χ1n) is 12.5. The van der Waals surface area contributed by atoms with Gasteiger partial charge in [0.1, 0.15) is 5.75 Å². The van der Waals surface area contributed by atoms with E-state index in [0.29, 0.717) is 5.92 Å². The van der Waals surface area contributed by atoms with Crippen LogP contribution in [0.2, 0.25) is 5.02 Å². The van der Waals surface area contributed by atoms with Crippen LogP contribution in [0, 0.1) is 5.92 Å². The van der Waals surface area contributed by atoms with E-state index in [4.69, 9.17) is 21.4 Å². The number of carboxylic acids is 1. The summed E-state index contributed by atoms with van der Waals surface area (Å²) in [7, 11) is 1.70. The van der Waals surface area contributed by atoms with Crippen LogP contribution in [-0.2, 0) is 23.2 Å². The van der Waals surface area contributed by atoms with Crippen molar-refractivity contribution < 1.29 is 14.6 Å². The molecule has 0 aliphatic carbocycles. The molecule has 1 unspecified atom stereocenters. The molecule has 0 saturated carbocycles. The summed E-state index contributed by atoms with van der Waals surface area (Å²) < 4.78 is 5.51.